The van der Waals surface area contributed by atoms with Gasteiger partial charge in [-0.05, 0) is 83.3 Å². The Balaban J connectivity index is 0. The molecule has 2 fully saturated rings. The number of azide groups is 1. The Morgan fingerprint density at radius 1 is 0.769 bits per heavy atom. The summed E-state index contributed by atoms with van der Waals surface area (Å²) in [5, 5.41) is 3.51. The molecule has 0 spiro atoms. The third kappa shape index (κ3) is 18.6. The summed E-state index contributed by atoms with van der Waals surface area (Å²) < 4.78 is 0. The molecule has 2 rings (SSSR count). The molecule has 2 aliphatic heterocycles. The average molecular weight is 395 g/mol. The van der Waals surface area contributed by atoms with Crippen molar-refractivity contribution in [3.05, 3.63) is 26.4 Å². The SMILES string of the molecule is ClCCCN1CCCCC1.[N-]=[N+]=NCCCN1CCCCC1.[N-]=[N+]=[N-].[Na+]. The summed E-state index contributed by atoms with van der Waals surface area (Å²) in [6.07, 6.45) is 10.4. The molecule has 0 N–H and O–H groups in total. The monoisotopic (exact) mass is 394 g/mol. The smallest absolute Gasteiger partial charge is 0.373 e. The van der Waals surface area contributed by atoms with Crippen LogP contribution in [-0.4, -0.2) is 61.5 Å². The summed E-state index contributed by atoms with van der Waals surface area (Å²) in [6, 6.07) is 0. The maximum absolute atomic E-state index is 8.05. The molecule has 0 unspecified atom stereocenters. The molecule has 0 bridgehead atoms. The second kappa shape index (κ2) is 22.9. The van der Waals surface area contributed by atoms with Gasteiger partial charge in [0, 0.05) is 17.3 Å². The van der Waals surface area contributed by atoms with E-state index in [4.69, 9.17) is 28.2 Å². The maximum Gasteiger partial charge on any atom is 1.00 e. The van der Waals surface area contributed by atoms with Crippen molar-refractivity contribution in [1.82, 2.24) is 9.80 Å². The minimum absolute atomic E-state index is 0. The van der Waals surface area contributed by atoms with Crippen molar-refractivity contribution in [3.63, 3.8) is 0 Å². The van der Waals surface area contributed by atoms with Crippen LogP contribution < -0.4 is 29.6 Å². The summed E-state index contributed by atoms with van der Waals surface area (Å²) in [4.78, 5) is 9.20. The van der Waals surface area contributed by atoms with Gasteiger partial charge >= 0.3 is 29.6 Å². The van der Waals surface area contributed by atoms with Crippen molar-refractivity contribution in [3.8, 4) is 0 Å². The molecule has 2 heterocycles. The van der Waals surface area contributed by atoms with E-state index in [-0.39, 0.29) is 29.6 Å². The zero-order valence-corrected chi connectivity index (χ0v) is 19.0. The standard InChI is InChI=1S/C8H16ClN.C8H16N4.N3.Na/c9-5-4-8-10-6-2-1-3-7-10;9-11-10-5-4-8-12-6-2-1-3-7-12;1-3-2;/h1-8H2;1-8H2;;/q;;-1;+1. The molecule has 0 radical (unpaired) electrons. The molecule has 0 saturated carbocycles. The molecule has 0 aromatic heterocycles. The van der Waals surface area contributed by atoms with Crippen LogP contribution in [0.5, 0.6) is 0 Å². The number of piperidine rings is 2. The second-order valence-corrected chi connectivity index (χ2v) is 6.62. The number of halogens is 1. The fourth-order valence-electron chi connectivity index (χ4n) is 3.06. The third-order valence-electron chi connectivity index (χ3n) is 4.30. The van der Waals surface area contributed by atoms with Gasteiger partial charge in [-0.2, -0.15) is 0 Å². The van der Waals surface area contributed by atoms with E-state index < -0.39 is 0 Å². The van der Waals surface area contributed by atoms with Crippen LogP contribution in [0.1, 0.15) is 51.4 Å². The minimum Gasteiger partial charge on any atom is -0.373 e. The first-order valence-corrected chi connectivity index (χ1v) is 9.82. The van der Waals surface area contributed by atoms with Crippen LogP contribution in [0.4, 0.5) is 0 Å². The van der Waals surface area contributed by atoms with E-state index in [1.165, 1.54) is 76.2 Å². The van der Waals surface area contributed by atoms with Gasteiger partial charge in [-0.15, -0.1) is 11.6 Å². The van der Waals surface area contributed by atoms with Gasteiger partial charge in [0.25, 0.3) is 0 Å². The largest absolute Gasteiger partial charge is 1.00 e. The molecule has 0 aromatic carbocycles. The summed E-state index contributed by atoms with van der Waals surface area (Å²) in [7, 11) is 0. The van der Waals surface area contributed by atoms with Crippen molar-refractivity contribution in [1.29, 1.82) is 0 Å². The molecule has 0 atom stereocenters. The van der Waals surface area contributed by atoms with Crippen molar-refractivity contribution in [2.24, 2.45) is 5.11 Å². The van der Waals surface area contributed by atoms with Gasteiger partial charge in [-0.3, -0.25) is 4.91 Å². The second-order valence-electron chi connectivity index (χ2n) is 6.24. The molecule has 10 heteroatoms. The van der Waals surface area contributed by atoms with E-state index in [2.05, 4.69) is 19.8 Å². The molecule has 0 aromatic rings. The molecule has 0 amide bonds. The Bertz CT molecular complexity index is 374. The van der Waals surface area contributed by atoms with Crippen LogP contribution in [0.15, 0.2) is 5.11 Å². The van der Waals surface area contributed by atoms with E-state index in [1.807, 2.05) is 0 Å². The number of hydrogen-bond acceptors (Lipinski definition) is 3. The van der Waals surface area contributed by atoms with E-state index in [1.54, 1.807) is 0 Å². The van der Waals surface area contributed by atoms with E-state index in [9.17, 15) is 0 Å². The zero-order chi connectivity index (χ0) is 18.6. The quantitative estimate of drug-likeness (QED) is 0.164. The van der Waals surface area contributed by atoms with Gasteiger partial charge in [0.2, 0.25) is 0 Å². The predicted molar refractivity (Wildman–Crippen MR) is 105 cm³/mol. The van der Waals surface area contributed by atoms with Gasteiger partial charge < -0.3 is 20.9 Å². The van der Waals surface area contributed by atoms with Gasteiger partial charge in [-0.1, -0.05) is 18.0 Å². The summed E-state index contributed by atoms with van der Waals surface area (Å²) in [6.45, 7) is 8.02. The molecule has 26 heavy (non-hydrogen) atoms. The first-order valence-electron chi connectivity index (χ1n) is 9.28. The Kier molecular flexibility index (Phi) is 24.7. The number of alkyl halides is 1. The van der Waals surface area contributed by atoms with Crippen LogP contribution in [0.3, 0.4) is 0 Å². The van der Waals surface area contributed by atoms with E-state index >= 15 is 0 Å². The van der Waals surface area contributed by atoms with Crippen LogP contribution in [0.2, 0.25) is 0 Å². The van der Waals surface area contributed by atoms with Crippen LogP contribution in [-0.2, 0) is 0 Å². The number of hydrogen-bond donors (Lipinski definition) is 0. The summed E-state index contributed by atoms with van der Waals surface area (Å²) in [5.74, 6) is 0.816. The maximum atomic E-state index is 8.05. The number of nitrogens with zero attached hydrogens (tertiary/aromatic N) is 8. The van der Waals surface area contributed by atoms with Crippen molar-refractivity contribution >= 4 is 11.6 Å². The van der Waals surface area contributed by atoms with Gasteiger partial charge in [0.15, 0.2) is 0 Å². The van der Waals surface area contributed by atoms with Crippen molar-refractivity contribution in [2.45, 2.75) is 51.4 Å². The molecular formula is C16H32ClN8Na. The van der Waals surface area contributed by atoms with Crippen LogP contribution >= 0.6 is 11.6 Å². The van der Waals surface area contributed by atoms with Crippen LogP contribution in [0.25, 0.3) is 26.4 Å². The topological polar surface area (TPSA) is 114 Å². The van der Waals surface area contributed by atoms with E-state index in [0.29, 0.717) is 6.54 Å². The molecule has 0 aliphatic carbocycles. The summed E-state index contributed by atoms with van der Waals surface area (Å²) >= 11 is 5.59. The van der Waals surface area contributed by atoms with Crippen molar-refractivity contribution < 1.29 is 29.6 Å². The molecule has 2 saturated heterocycles. The number of likely N-dealkylation sites (tertiary alicyclic amines) is 2. The molecular weight excluding hydrogens is 363 g/mol. The fraction of sp³-hybridized carbons (Fsp3) is 1.00. The Morgan fingerprint density at radius 3 is 1.58 bits per heavy atom. The van der Waals surface area contributed by atoms with Gasteiger partial charge in [0.1, 0.15) is 0 Å². The van der Waals surface area contributed by atoms with Crippen molar-refractivity contribution in [2.75, 3.05) is 51.7 Å². The fourth-order valence-corrected chi connectivity index (χ4v) is 3.18. The molecule has 144 valence electrons. The average Bonchev–Trinajstić information content (AvgIpc) is 2.66. The zero-order valence-electron chi connectivity index (χ0n) is 16.3. The van der Waals surface area contributed by atoms with Gasteiger partial charge in [0.05, 0.1) is 0 Å². The Hall–Kier alpha value is -0.170. The summed E-state index contributed by atoms with van der Waals surface area (Å²) in [5.41, 5.74) is 21.5. The van der Waals surface area contributed by atoms with E-state index in [0.717, 1.165) is 25.3 Å². The Labute approximate surface area is 185 Å². The van der Waals surface area contributed by atoms with Crippen LogP contribution in [0, 0.1) is 0 Å². The molecule has 8 nitrogen and oxygen atoms in total. The predicted octanol–water partition coefficient (Wildman–Crippen LogP) is 2.14. The first-order chi connectivity index (χ1) is 12.3. The normalized spacial score (nSPS) is 17.1. The minimum atomic E-state index is 0. The number of rotatable bonds is 7. The Morgan fingerprint density at radius 2 is 1.19 bits per heavy atom. The first kappa shape index (κ1) is 28.0. The van der Waals surface area contributed by atoms with Gasteiger partial charge in [-0.25, -0.2) is 0 Å². The third-order valence-corrected chi connectivity index (χ3v) is 4.57. The molecule has 2 aliphatic rings.